The van der Waals surface area contributed by atoms with E-state index in [1.807, 2.05) is 6.92 Å². The number of methoxy groups -OCH3 is 2. The molecule has 0 aliphatic carbocycles. The number of benzene rings is 1. The Morgan fingerprint density at radius 3 is 2.42 bits per heavy atom. The highest BCUT2D eigenvalue weighted by atomic mass is 32.2. The summed E-state index contributed by atoms with van der Waals surface area (Å²) in [6.07, 6.45) is 2.35. The molecule has 1 amide bonds. The molecule has 0 heterocycles. The Hall–Kier alpha value is -1.80. The molecule has 0 unspecified atom stereocenters. The van der Waals surface area contributed by atoms with Crippen molar-refractivity contribution >= 4 is 15.9 Å². The van der Waals surface area contributed by atoms with Crippen molar-refractivity contribution < 1.29 is 22.7 Å². The zero-order chi connectivity index (χ0) is 18.2. The number of ether oxygens (including phenoxy) is 2. The van der Waals surface area contributed by atoms with Gasteiger partial charge in [-0.3, -0.25) is 4.79 Å². The summed E-state index contributed by atoms with van der Waals surface area (Å²) in [4.78, 5) is 11.5. The number of nitrogens with zero attached hydrogens (tertiary/aromatic N) is 1. The molecule has 0 fully saturated rings. The zero-order valence-corrected chi connectivity index (χ0v) is 15.5. The molecule has 0 bridgehead atoms. The fraction of sp³-hybridized carbons (Fsp3) is 0.562. The second-order valence-corrected chi connectivity index (χ2v) is 7.37. The molecule has 0 saturated carbocycles. The van der Waals surface area contributed by atoms with Crippen LogP contribution in [0, 0.1) is 0 Å². The van der Waals surface area contributed by atoms with Gasteiger partial charge in [-0.1, -0.05) is 13.0 Å². The molecule has 0 saturated heterocycles. The van der Waals surface area contributed by atoms with Crippen molar-refractivity contribution in [1.82, 2.24) is 9.62 Å². The van der Waals surface area contributed by atoms with Crippen molar-refractivity contribution in [3.8, 4) is 11.5 Å². The number of rotatable bonds is 10. The van der Waals surface area contributed by atoms with Gasteiger partial charge in [0, 0.05) is 26.1 Å². The molecule has 0 aliphatic rings. The Bertz CT molecular complexity index is 646. The highest BCUT2D eigenvalue weighted by Gasteiger charge is 2.18. The summed E-state index contributed by atoms with van der Waals surface area (Å²) in [5.74, 6) is 1.05. The first-order valence-electron chi connectivity index (χ1n) is 7.74. The summed E-state index contributed by atoms with van der Waals surface area (Å²) in [5.41, 5.74) is 0.776. The lowest BCUT2D eigenvalue weighted by atomic mass is 10.2. The maximum Gasteiger partial charge on any atom is 0.220 e. The topological polar surface area (TPSA) is 84.9 Å². The standard InChI is InChI=1S/C16H26N2O5S/c1-5-6-16(19)17-9-10-18(24(4,20)21)12-13-7-8-14(22-2)15(11-13)23-3/h7-8,11H,5-6,9-10,12H2,1-4H3,(H,17,19). The normalized spacial score (nSPS) is 11.4. The fourth-order valence-electron chi connectivity index (χ4n) is 2.18. The molecule has 7 nitrogen and oxygen atoms in total. The lowest BCUT2D eigenvalue weighted by Crippen LogP contribution is -2.37. The number of carbonyl (C=O) groups excluding carboxylic acids is 1. The van der Waals surface area contributed by atoms with Crippen LogP contribution >= 0.6 is 0 Å². The maximum absolute atomic E-state index is 12.0. The van der Waals surface area contributed by atoms with Crippen LogP contribution in [-0.2, 0) is 21.4 Å². The van der Waals surface area contributed by atoms with E-state index in [1.165, 1.54) is 11.4 Å². The van der Waals surface area contributed by atoms with Gasteiger partial charge in [-0.05, 0) is 24.1 Å². The van der Waals surface area contributed by atoms with Crippen molar-refractivity contribution in [3.05, 3.63) is 23.8 Å². The summed E-state index contributed by atoms with van der Waals surface area (Å²) < 4.78 is 35.7. The first kappa shape index (κ1) is 20.2. The minimum absolute atomic E-state index is 0.0722. The Morgan fingerprint density at radius 2 is 1.88 bits per heavy atom. The number of nitrogens with one attached hydrogen (secondary N) is 1. The molecule has 0 spiro atoms. The van der Waals surface area contributed by atoms with Crippen LogP contribution < -0.4 is 14.8 Å². The van der Waals surface area contributed by atoms with Crippen LogP contribution in [0.3, 0.4) is 0 Å². The first-order chi connectivity index (χ1) is 11.3. The number of amides is 1. The van der Waals surface area contributed by atoms with E-state index < -0.39 is 10.0 Å². The predicted molar refractivity (Wildman–Crippen MR) is 92.7 cm³/mol. The molecule has 0 radical (unpaired) electrons. The highest BCUT2D eigenvalue weighted by Crippen LogP contribution is 2.28. The predicted octanol–water partition coefficient (Wildman–Crippen LogP) is 1.38. The fourth-order valence-corrected chi connectivity index (χ4v) is 2.99. The van der Waals surface area contributed by atoms with Crippen LogP contribution in [-0.4, -0.2) is 52.2 Å². The van der Waals surface area contributed by atoms with E-state index in [4.69, 9.17) is 9.47 Å². The van der Waals surface area contributed by atoms with Crippen LogP contribution in [0.4, 0.5) is 0 Å². The van der Waals surface area contributed by atoms with E-state index in [-0.39, 0.29) is 25.5 Å². The third-order valence-corrected chi connectivity index (χ3v) is 4.69. The molecular weight excluding hydrogens is 332 g/mol. The molecule has 1 aromatic carbocycles. The van der Waals surface area contributed by atoms with E-state index in [0.29, 0.717) is 17.9 Å². The lowest BCUT2D eigenvalue weighted by molar-refractivity contribution is -0.121. The van der Waals surface area contributed by atoms with E-state index >= 15 is 0 Å². The van der Waals surface area contributed by atoms with E-state index in [1.54, 1.807) is 25.3 Å². The van der Waals surface area contributed by atoms with Gasteiger partial charge in [0.05, 0.1) is 20.5 Å². The second kappa shape index (κ2) is 9.48. The summed E-state index contributed by atoms with van der Waals surface area (Å²) in [7, 11) is -0.331. The average Bonchev–Trinajstić information content (AvgIpc) is 2.53. The van der Waals surface area contributed by atoms with Crippen molar-refractivity contribution in [1.29, 1.82) is 0 Å². The van der Waals surface area contributed by atoms with Crippen molar-refractivity contribution in [2.24, 2.45) is 0 Å². The zero-order valence-electron chi connectivity index (χ0n) is 14.7. The Morgan fingerprint density at radius 1 is 1.21 bits per heavy atom. The van der Waals surface area contributed by atoms with Gasteiger partial charge in [-0.2, -0.15) is 4.31 Å². The summed E-state index contributed by atoms with van der Waals surface area (Å²) in [5, 5.41) is 2.72. The Labute approximate surface area is 144 Å². The molecule has 1 aromatic rings. The molecule has 136 valence electrons. The summed E-state index contributed by atoms with van der Waals surface area (Å²) >= 11 is 0. The van der Waals surface area contributed by atoms with E-state index in [0.717, 1.165) is 18.2 Å². The van der Waals surface area contributed by atoms with Gasteiger partial charge in [0.25, 0.3) is 0 Å². The van der Waals surface area contributed by atoms with Gasteiger partial charge in [0.15, 0.2) is 11.5 Å². The van der Waals surface area contributed by atoms with Gasteiger partial charge >= 0.3 is 0 Å². The van der Waals surface area contributed by atoms with Crippen LogP contribution in [0.15, 0.2) is 18.2 Å². The molecule has 0 atom stereocenters. The van der Waals surface area contributed by atoms with E-state index in [2.05, 4.69) is 5.32 Å². The molecule has 1 N–H and O–H groups in total. The van der Waals surface area contributed by atoms with Crippen LogP contribution in [0.2, 0.25) is 0 Å². The van der Waals surface area contributed by atoms with Crippen LogP contribution in [0.5, 0.6) is 11.5 Å². The largest absolute Gasteiger partial charge is 0.493 e. The number of hydrogen-bond donors (Lipinski definition) is 1. The molecule has 0 aliphatic heterocycles. The van der Waals surface area contributed by atoms with Crippen molar-refractivity contribution in [3.63, 3.8) is 0 Å². The Kier molecular flexibility index (Phi) is 8.00. The third kappa shape index (κ3) is 6.37. The number of hydrogen-bond acceptors (Lipinski definition) is 5. The van der Waals surface area contributed by atoms with Crippen molar-refractivity contribution in [2.75, 3.05) is 33.6 Å². The molecule has 0 aromatic heterocycles. The minimum Gasteiger partial charge on any atom is -0.493 e. The summed E-state index contributed by atoms with van der Waals surface area (Å²) in [6.45, 7) is 2.60. The Balaban J connectivity index is 2.78. The molecular formula is C16H26N2O5S. The smallest absolute Gasteiger partial charge is 0.220 e. The highest BCUT2D eigenvalue weighted by molar-refractivity contribution is 7.88. The van der Waals surface area contributed by atoms with Gasteiger partial charge in [0.2, 0.25) is 15.9 Å². The van der Waals surface area contributed by atoms with Crippen LogP contribution in [0.25, 0.3) is 0 Å². The average molecular weight is 358 g/mol. The number of carbonyl (C=O) groups is 1. The van der Waals surface area contributed by atoms with Gasteiger partial charge in [-0.25, -0.2) is 8.42 Å². The molecule has 1 rings (SSSR count). The van der Waals surface area contributed by atoms with Crippen molar-refractivity contribution in [2.45, 2.75) is 26.3 Å². The van der Waals surface area contributed by atoms with Gasteiger partial charge in [0.1, 0.15) is 0 Å². The van der Waals surface area contributed by atoms with Crippen LogP contribution in [0.1, 0.15) is 25.3 Å². The van der Waals surface area contributed by atoms with Gasteiger partial charge < -0.3 is 14.8 Å². The maximum atomic E-state index is 12.0. The lowest BCUT2D eigenvalue weighted by Gasteiger charge is -2.21. The number of sulfonamides is 1. The second-order valence-electron chi connectivity index (χ2n) is 5.39. The van der Waals surface area contributed by atoms with Gasteiger partial charge in [-0.15, -0.1) is 0 Å². The SMILES string of the molecule is CCCC(=O)NCCN(Cc1ccc(OC)c(OC)c1)S(C)(=O)=O. The first-order valence-corrected chi connectivity index (χ1v) is 9.59. The summed E-state index contributed by atoms with van der Waals surface area (Å²) in [6, 6.07) is 5.26. The monoisotopic (exact) mass is 358 g/mol. The quantitative estimate of drug-likeness (QED) is 0.683. The molecule has 8 heteroatoms. The third-order valence-electron chi connectivity index (χ3n) is 3.44. The van der Waals surface area contributed by atoms with E-state index in [9.17, 15) is 13.2 Å². The molecule has 24 heavy (non-hydrogen) atoms. The minimum atomic E-state index is -3.40.